The first kappa shape index (κ1) is 14.5. The van der Waals surface area contributed by atoms with E-state index >= 15 is 0 Å². The van der Waals surface area contributed by atoms with Crippen LogP contribution in [0.3, 0.4) is 0 Å². The Morgan fingerprint density at radius 3 is 2.04 bits per heavy atom. The van der Waals surface area contributed by atoms with Gasteiger partial charge in [-0.2, -0.15) is 0 Å². The molecule has 0 aliphatic heterocycles. The van der Waals surface area contributed by atoms with Gasteiger partial charge in [-0.3, -0.25) is 4.98 Å². The quantitative estimate of drug-likeness (QED) is 0.333. The average Bonchev–Trinajstić information content (AvgIpc) is 3.09. The second-order valence-electron chi connectivity index (χ2n) is 6.90. The number of fused-ring (bicyclic) bond motifs is 7. The summed E-state index contributed by atoms with van der Waals surface area (Å²) in [7, 11) is 0. The largest absolute Gasteiger partial charge is 0.308 e. The van der Waals surface area contributed by atoms with Crippen LogP contribution in [0.25, 0.3) is 49.0 Å². The highest BCUT2D eigenvalue weighted by Crippen LogP contribution is 2.39. The first-order chi connectivity index (χ1) is 13.4. The van der Waals surface area contributed by atoms with E-state index in [1.54, 1.807) is 0 Å². The number of nitrogens with zero attached hydrogens (tertiary/aromatic N) is 2. The third-order valence-corrected chi connectivity index (χ3v) is 5.46. The molecule has 0 aliphatic rings. The maximum absolute atomic E-state index is 4.21. The van der Waals surface area contributed by atoms with Crippen LogP contribution in [0.2, 0.25) is 0 Å². The third kappa shape index (κ3) is 1.98. The molecule has 6 aromatic rings. The predicted molar refractivity (Wildman–Crippen MR) is 114 cm³/mol. The summed E-state index contributed by atoms with van der Waals surface area (Å²) >= 11 is 0. The van der Waals surface area contributed by atoms with Gasteiger partial charge < -0.3 is 4.57 Å². The molecule has 0 spiro atoms. The van der Waals surface area contributed by atoms with E-state index in [2.05, 4.69) is 94.5 Å². The van der Waals surface area contributed by atoms with Crippen molar-refractivity contribution >= 4 is 43.4 Å². The average molecular weight is 344 g/mol. The topological polar surface area (TPSA) is 17.8 Å². The summed E-state index contributed by atoms with van der Waals surface area (Å²) < 4.78 is 2.38. The molecule has 4 aromatic carbocycles. The fourth-order valence-corrected chi connectivity index (χ4v) is 4.31. The van der Waals surface area contributed by atoms with Crippen LogP contribution in [0.4, 0.5) is 0 Å². The Balaban J connectivity index is 1.96. The summed E-state index contributed by atoms with van der Waals surface area (Å²) in [5.41, 5.74) is 3.62. The Hall–Kier alpha value is -3.65. The van der Waals surface area contributed by atoms with Gasteiger partial charge >= 0.3 is 0 Å². The van der Waals surface area contributed by atoms with Gasteiger partial charge in [-0.25, -0.2) is 0 Å². The highest BCUT2D eigenvalue weighted by atomic mass is 15.0. The molecule has 0 N–H and O–H groups in total. The molecule has 0 aliphatic carbocycles. The molecule has 2 aromatic heterocycles. The van der Waals surface area contributed by atoms with Crippen molar-refractivity contribution in [3.05, 3.63) is 97.3 Å². The molecule has 0 saturated heterocycles. The highest BCUT2D eigenvalue weighted by molar-refractivity contribution is 6.25. The van der Waals surface area contributed by atoms with Crippen molar-refractivity contribution in [1.29, 1.82) is 0 Å². The highest BCUT2D eigenvalue weighted by Gasteiger charge is 2.16. The molecule has 2 heterocycles. The fraction of sp³-hybridized carbons (Fsp3) is 0. The van der Waals surface area contributed by atoms with Crippen LogP contribution < -0.4 is 0 Å². The summed E-state index contributed by atoms with van der Waals surface area (Å²) in [5.74, 6) is 0. The van der Waals surface area contributed by atoms with Gasteiger partial charge in [0, 0.05) is 34.2 Å². The lowest BCUT2D eigenvalue weighted by Crippen LogP contribution is -1.94. The molecule has 126 valence electrons. The van der Waals surface area contributed by atoms with Crippen LogP contribution in [0.5, 0.6) is 0 Å². The molecule has 0 bridgehead atoms. The van der Waals surface area contributed by atoms with Crippen molar-refractivity contribution < 1.29 is 0 Å². The van der Waals surface area contributed by atoms with Crippen molar-refractivity contribution in [1.82, 2.24) is 9.55 Å². The Morgan fingerprint density at radius 2 is 1.22 bits per heavy atom. The Bertz CT molecular complexity index is 1460. The second-order valence-corrected chi connectivity index (χ2v) is 6.90. The van der Waals surface area contributed by atoms with Gasteiger partial charge in [-0.05, 0) is 34.4 Å². The third-order valence-electron chi connectivity index (χ3n) is 5.46. The molecule has 0 atom stereocenters. The van der Waals surface area contributed by atoms with Crippen LogP contribution in [0.1, 0.15) is 0 Å². The van der Waals surface area contributed by atoms with E-state index < -0.39 is 0 Å². The number of hydrogen-bond donors (Lipinski definition) is 0. The predicted octanol–water partition coefficient (Wildman–Crippen LogP) is 6.49. The molecular weight excluding hydrogens is 328 g/mol. The first-order valence-corrected chi connectivity index (χ1v) is 9.16. The maximum Gasteiger partial charge on any atom is 0.0619 e. The minimum absolute atomic E-state index is 1.14. The number of pyridine rings is 1. The lowest BCUT2D eigenvalue weighted by atomic mass is 10.0. The molecular formula is C25H16N2. The number of benzene rings is 4. The van der Waals surface area contributed by atoms with Crippen molar-refractivity contribution in [3.63, 3.8) is 0 Å². The normalized spacial score (nSPS) is 11.7. The van der Waals surface area contributed by atoms with E-state index in [1.807, 2.05) is 12.4 Å². The Labute approximate surface area is 156 Å². The van der Waals surface area contributed by atoms with E-state index in [4.69, 9.17) is 0 Å². The van der Waals surface area contributed by atoms with E-state index in [0.29, 0.717) is 0 Å². The molecule has 0 unspecified atom stereocenters. The fourth-order valence-electron chi connectivity index (χ4n) is 4.31. The minimum Gasteiger partial charge on any atom is -0.308 e. The molecule has 2 nitrogen and oxygen atoms in total. The number of hydrogen-bond acceptors (Lipinski definition) is 1. The van der Waals surface area contributed by atoms with Gasteiger partial charge in [-0.1, -0.05) is 66.7 Å². The van der Waals surface area contributed by atoms with Crippen LogP contribution in [-0.4, -0.2) is 9.55 Å². The van der Waals surface area contributed by atoms with Crippen molar-refractivity contribution in [2.24, 2.45) is 0 Å². The Morgan fingerprint density at radius 1 is 0.556 bits per heavy atom. The first-order valence-electron chi connectivity index (χ1n) is 9.16. The lowest BCUT2D eigenvalue weighted by molar-refractivity contribution is 1.16. The SMILES string of the molecule is c1ccc2c(c1)ccc1c2c2ccc3ccccc3c2n1-c1ccncc1. The monoisotopic (exact) mass is 344 g/mol. The maximum atomic E-state index is 4.21. The summed E-state index contributed by atoms with van der Waals surface area (Å²) in [6, 6.07) is 30.4. The zero-order valence-electron chi connectivity index (χ0n) is 14.6. The zero-order chi connectivity index (χ0) is 17.8. The van der Waals surface area contributed by atoms with Gasteiger partial charge in [0.2, 0.25) is 0 Å². The van der Waals surface area contributed by atoms with Crippen molar-refractivity contribution in [3.8, 4) is 5.69 Å². The Kier molecular flexibility index (Phi) is 2.91. The standard InChI is InChI=1S/C25H16N2/c1-3-7-20-17(5-1)10-12-23-24(20)22-11-9-18-6-2-4-8-21(18)25(22)27(23)19-13-15-26-16-14-19/h1-16H. The van der Waals surface area contributed by atoms with E-state index in [1.165, 1.54) is 43.4 Å². The lowest BCUT2D eigenvalue weighted by Gasteiger charge is -2.09. The van der Waals surface area contributed by atoms with Crippen LogP contribution in [0.15, 0.2) is 97.3 Å². The molecule has 6 rings (SSSR count). The van der Waals surface area contributed by atoms with Crippen LogP contribution in [0, 0.1) is 0 Å². The van der Waals surface area contributed by atoms with Gasteiger partial charge in [0.1, 0.15) is 0 Å². The molecule has 0 radical (unpaired) electrons. The van der Waals surface area contributed by atoms with E-state index in [9.17, 15) is 0 Å². The second kappa shape index (κ2) is 5.42. The van der Waals surface area contributed by atoms with Crippen molar-refractivity contribution in [2.45, 2.75) is 0 Å². The van der Waals surface area contributed by atoms with Gasteiger partial charge in [0.15, 0.2) is 0 Å². The summed E-state index contributed by atoms with van der Waals surface area (Å²) in [6.07, 6.45) is 3.72. The summed E-state index contributed by atoms with van der Waals surface area (Å²) in [4.78, 5) is 4.21. The molecule has 0 amide bonds. The molecule has 2 heteroatoms. The van der Waals surface area contributed by atoms with Crippen molar-refractivity contribution in [2.75, 3.05) is 0 Å². The molecule has 0 fully saturated rings. The van der Waals surface area contributed by atoms with Gasteiger partial charge in [0.05, 0.1) is 11.0 Å². The zero-order valence-corrected chi connectivity index (χ0v) is 14.6. The number of rotatable bonds is 1. The smallest absolute Gasteiger partial charge is 0.0619 e. The summed E-state index contributed by atoms with van der Waals surface area (Å²) in [5, 5.41) is 7.69. The van der Waals surface area contributed by atoms with Crippen LogP contribution >= 0.6 is 0 Å². The van der Waals surface area contributed by atoms with Crippen LogP contribution in [-0.2, 0) is 0 Å². The van der Waals surface area contributed by atoms with Gasteiger partial charge in [-0.15, -0.1) is 0 Å². The van der Waals surface area contributed by atoms with E-state index in [0.717, 1.165) is 5.69 Å². The minimum atomic E-state index is 1.14. The molecule has 0 saturated carbocycles. The number of aromatic nitrogens is 2. The summed E-state index contributed by atoms with van der Waals surface area (Å²) in [6.45, 7) is 0. The van der Waals surface area contributed by atoms with Gasteiger partial charge in [0.25, 0.3) is 0 Å². The molecule has 27 heavy (non-hydrogen) atoms. The van der Waals surface area contributed by atoms with E-state index in [-0.39, 0.29) is 0 Å².